The molecule has 1 atom stereocenters. The fourth-order valence-corrected chi connectivity index (χ4v) is 1.93. The topological polar surface area (TPSA) is 54.0 Å². The Kier molecular flexibility index (Phi) is 3.19. The number of pyridine rings is 1. The predicted octanol–water partition coefficient (Wildman–Crippen LogP) is 1.25. The Bertz CT molecular complexity index is 397. The summed E-state index contributed by atoms with van der Waals surface area (Å²) in [6, 6.07) is 3.83. The monoisotopic (exact) mass is 219 g/mol. The summed E-state index contributed by atoms with van der Waals surface area (Å²) in [6.45, 7) is 5.57. The third-order valence-corrected chi connectivity index (χ3v) is 2.91. The summed E-state index contributed by atoms with van der Waals surface area (Å²) in [5.41, 5.74) is 2.67. The molecule has 0 spiro atoms. The molecule has 0 aliphatic carbocycles. The van der Waals surface area contributed by atoms with Gasteiger partial charge in [0.15, 0.2) is 0 Å². The van der Waals surface area contributed by atoms with E-state index in [1.807, 2.05) is 26.0 Å². The van der Waals surface area contributed by atoms with Crippen LogP contribution in [0.5, 0.6) is 0 Å². The van der Waals surface area contributed by atoms with Crippen LogP contribution in [-0.2, 0) is 4.79 Å². The second-order valence-electron chi connectivity index (χ2n) is 4.26. The third kappa shape index (κ3) is 2.39. The number of carbonyl (C=O) groups excluding carboxylic acids is 1. The van der Waals surface area contributed by atoms with E-state index in [0.717, 1.165) is 36.6 Å². The third-order valence-electron chi connectivity index (χ3n) is 2.91. The van der Waals surface area contributed by atoms with E-state index in [-0.39, 0.29) is 11.8 Å². The van der Waals surface area contributed by atoms with E-state index in [4.69, 9.17) is 0 Å². The maximum absolute atomic E-state index is 11.9. The number of aromatic nitrogens is 1. The van der Waals surface area contributed by atoms with Gasteiger partial charge in [-0.05, 0) is 38.9 Å². The van der Waals surface area contributed by atoms with Gasteiger partial charge in [0.2, 0.25) is 5.91 Å². The molecule has 1 aliphatic rings. The fraction of sp³-hybridized carbons (Fsp3) is 0.500. The first-order valence-corrected chi connectivity index (χ1v) is 5.62. The molecule has 4 heteroatoms. The number of nitrogens with one attached hydrogen (secondary N) is 2. The van der Waals surface area contributed by atoms with Crippen molar-refractivity contribution in [1.29, 1.82) is 0 Å². The van der Waals surface area contributed by atoms with Crippen molar-refractivity contribution in [3.8, 4) is 0 Å². The molecule has 0 saturated carbocycles. The summed E-state index contributed by atoms with van der Waals surface area (Å²) < 4.78 is 0. The Morgan fingerprint density at radius 2 is 2.31 bits per heavy atom. The second kappa shape index (κ2) is 4.61. The Balaban J connectivity index is 2.05. The van der Waals surface area contributed by atoms with Gasteiger partial charge in [0.05, 0.1) is 17.3 Å². The molecule has 2 N–H and O–H groups in total. The molecule has 2 heterocycles. The molecular formula is C12H17N3O. The number of anilines is 1. The first-order chi connectivity index (χ1) is 7.66. The number of aryl methyl sites for hydroxylation is 2. The largest absolute Gasteiger partial charge is 0.324 e. The van der Waals surface area contributed by atoms with Crippen molar-refractivity contribution in [1.82, 2.24) is 10.3 Å². The summed E-state index contributed by atoms with van der Waals surface area (Å²) in [5, 5.41) is 6.12. The molecule has 86 valence electrons. The van der Waals surface area contributed by atoms with Gasteiger partial charge >= 0.3 is 0 Å². The van der Waals surface area contributed by atoms with Crippen LogP contribution in [0.15, 0.2) is 12.1 Å². The van der Waals surface area contributed by atoms with Crippen molar-refractivity contribution in [3.63, 3.8) is 0 Å². The molecule has 4 nitrogen and oxygen atoms in total. The van der Waals surface area contributed by atoms with Crippen LogP contribution in [0.2, 0.25) is 0 Å². The van der Waals surface area contributed by atoms with Crippen molar-refractivity contribution < 1.29 is 4.79 Å². The normalized spacial score (nSPS) is 19.8. The van der Waals surface area contributed by atoms with Crippen molar-refractivity contribution in [2.75, 3.05) is 18.4 Å². The minimum absolute atomic E-state index is 0.0961. The van der Waals surface area contributed by atoms with Crippen LogP contribution in [-0.4, -0.2) is 24.0 Å². The van der Waals surface area contributed by atoms with Crippen LogP contribution in [0.4, 0.5) is 5.69 Å². The quantitative estimate of drug-likeness (QED) is 0.787. The molecule has 0 bridgehead atoms. The van der Waals surface area contributed by atoms with Gasteiger partial charge in [-0.3, -0.25) is 9.78 Å². The number of nitrogens with zero attached hydrogens (tertiary/aromatic N) is 1. The van der Waals surface area contributed by atoms with Crippen molar-refractivity contribution in [2.45, 2.75) is 20.3 Å². The van der Waals surface area contributed by atoms with E-state index >= 15 is 0 Å². The summed E-state index contributed by atoms with van der Waals surface area (Å²) in [5.74, 6) is 0.194. The number of hydrogen-bond acceptors (Lipinski definition) is 3. The molecule has 0 aromatic carbocycles. The Labute approximate surface area is 95.5 Å². The molecule has 1 aromatic heterocycles. The molecule has 1 aromatic rings. The highest BCUT2D eigenvalue weighted by Gasteiger charge is 2.22. The van der Waals surface area contributed by atoms with Gasteiger partial charge in [0, 0.05) is 12.2 Å². The zero-order chi connectivity index (χ0) is 11.5. The van der Waals surface area contributed by atoms with Crippen LogP contribution in [0.25, 0.3) is 0 Å². The average molecular weight is 219 g/mol. The Hall–Kier alpha value is -1.42. The lowest BCUT2D eigenvalue weighted by Gasteiger charge is -2.11. The summed E-state index contributed by atoms with van der Waals surface area (Å²) >= 11 is 0. The minimum Gasteiger partial charge on any atom is -0.324 e. The molecule has 0 radical (unpaired) electrons. The van der Waals surface area contributed by atoms with Crippen molar-refractivity contribution >= 4 is 11.6 Å². The van der Waals surface area contributed by atoms with Gasteiger partial charge in [-0.2, -0.15) is 0 Å². The first-order valence-electron chi connectivity index (χ1n) is 5.62. The lowest BCUT2D eigenvalue weighted by atomic mass is 10.1. The molecule has 2 rings (SSSR count). The van der Waals surface area contributed by atoms with Gasteiger partial charge < -0.3 is 10.6 Å². The van der Waals surface area contributed by atoms with Crippen LogP contribution in [0.1, 0.15) is 17.8 Å². The van der Waals surface area contributed by atoms with Crippen LogP contribution in [0, 0.1) is 19.8 Å². The van der Waals surface area contributed by atoms with Gasteiger partial charge in [-0.1, -0.05) is 0 Å². The van der Waals surface area contributed by atoms with Crippen LogP contribution < -0.4 is 10.6 Å². The molecule has 16 heavy (non-hydrogen) atoms. The van der Waals surface area contributed by atoms with Crippen molar-refractivity contribution in [2.24, 2.45) is 5.92 Å². The lowest BCUT2D eigenvalue weighted by molar-refractivity contribution is -0.119. The SMILES string of the molecule is Cc1ccc(NC(=O)C2CCNC2)c(C)n1. The zero-order valence-corrected chi connectivity index (χ0v) is 9.71. The van der Waals surface area contributed by atoms with Crippen molar-refractivity contribution in [3.05, 3.63) is 23.5 Å². The van der Waals surface area contributed by atoms with Gasteiger partial charge in [-0.25, -0.2) is 0 Å². The average Bonchev–Trinajstić information content (AvgIpc) is 2.75. The molecule has 1 fully saturated rings. The summed E-state index contributed by atoms with van der Waals surface area (Å²) in [4.78, 5) is 16.2. The minimum atomic E-state index is 0.0961. The van der Waals surface area contributed by atoms with Crippen LogP contribution >= 0.6 is 0 Å². The molecular weight excluding hydrogens is 202 g/mol. The summed E-state index contributed by atoms with van der Waals surface area (Å²) in [7, 11) is 0. The van der Waals surface area contributed by atoms with E-state index in [1.165, 1.54) is 0 Å². The molecule has 1 saturated heterocycles. The highest BCUT2D eigenvalue weighted by Crippen LogP contribution is 2.16. The zero-order valence-electron chi connectivity index (χ0n) is 9.71. The predicted molar refractivity (Wildman–Crippen MR) is 63.3 cm³/mol. The van der Waals surface area contributed by atoms with Gasteiger partial charge in [-0.15, -0.1) is 0 Å². The molecule has 1 aliphatic heterocycles. The fourth-order valence-electron chi connectivity index (χ4n) is 1.93. The molecule has 1 amide bonds. The second-order valence-corrected chi connectivity index (χ2v) is 4.26. The number of amides is 1. The van der Waals surface area contributed by atoms with Gasteiger partial charge in [0.25, 0.3) is 0 Å². The van der Waals surface area contributed by atoms with E-state index < -0.39 is 0 Å². The molecule has 1 unspecified atom stereocenters. The smallest absolute Gasteiger partial charge is 0.228 e. The van der Waals surface area contributed by atoms with E-state index in [2.05, 4.69) is 15.6 Å². The van der Waals surface area contributed by atoms with E-state index in [1.54, 1.807) is 0 Å². The standard InChI is InChI=1S/C12H17N3O/c1-8-3-4-11(9(2)14-8)15-12(16)10-5-6-13-7-10/h3-4,10,13H,5-7H2,1-2H3,(H,15,16). The number of carbonyl (C=O) groups is 1. The number of hydrogen-bond donors (Lipinski definition) is 2. The first kappa shape index (κ1) is 11.1. The Morgan fingerprint density at radius 1 is 1.50 bits per heavy atom. The highest BCUT2D eigenvalue weighted by atomic mass is 16.1. The highest BCUT2D eigenvalue weighted by molar-refractivity contribution is 5.93. The van der Waals surface area contributed by atoms with Crippen LogP contribution in [0.3, 0.4) is 0 Å². The lowest BCUT2D eigenvalue weighted by Crippen LogP contribution is -2.25. The maximum atomic E-state index is 11.9. The Morgan fingerprint density at radius 3 is 2.94 bits per heavy atom. The van der Waals surface area contributed by atoms with Gasteiger partial charge in [0.1, 0.15) is 0 Å². The maximum Gasteiger partial charge on any atom is 0.228 e. The van der Waals surface area contributed by atoms with E-state index in [9.17, 15) is 4.79 Å². The number of rotatable bonds is 2. The van der Waals surface area contributed by atoms with E-state index in [0.29, 0.717) is 0 Å². The summed E-state index contributed by atoms with van der Waals surface area (Å²) in [6.07, 6.45) is 0.921.